The van der Waals surface area contributed by atoms with Crippen molar-refractivity contribution in [3.05, 3.63) is 68.0 Å². The van der Waals surface area contributed by atoms with E-state index in [4.69, 9.17) is 41.8 Å². The molecule has 0 radical (unpaired) electrons. The highest BCUT2D eigenvalue weighted by atomic mass is 35.5. The number of halogens is 2. The summed E-state index contributed by atoms with van der Waals surface area (Å²) in [6, 6.07) is 8.57. The van der Waals surface area contributed by atoms with Gasteiger partial charge in [-0.05, 0) is 24.3 Å². The highest BCUT2D eigenvalue weighted by Gasteiger charge is 2.17. The summed E-state index contributed by atoms with van der Waals surface area (Å²) >= 11 is 11.9. The molecular formula is C18H12Cl2O5. The maximum atomic E-state index is 11.9. The largest absolute Gasteiger partial charge is 0.489 e. The zero-order valence-corrected chi connectivity index (χ0v) is 14.4. The molecule has 1 aromatic heterocycles. The molecule has 0 saturated heterocycles. The Hall–Kier alpha value is -2.21. The van der Waals surface area contributed by atoms with Gasteiger partial charge in [-0.2, -0.15) is 0 Å². The van der Waals surface area contributed by atoms with Crippen molar-refractivity contribution in [2.24, 2.45) is 0 Å². The van der Waals surface area contributed by atoms with E-state index in [1.54, 1.807) is 24.3 Å². The maximum Gasteiger partial charge on any atom is 0.211 e. The summed E-state index contributed by atoms with van der Waals surface area (Å²) in [6.45, 7) is 0.903. The van der Waals surface area contributed by atoms with Crippen LogP contribution in [-0.4, -0.2) is 6.79 Å². The van der Waals surface area contributed by atoms with Crippen LogP contribution in [0.25, 0.3) is 11.0 Å². The van der Waals surface area contributed by atoms with Crippen LogP contribution in [0.5, 0.6) is 11.5 Å². The Kier molecular flexibility index (Phi) is 4.29. The van der Waals surface area contributed by atoms with E-state index in [9.17, 15) is 4.79 Å². The molecule has 0 bridgehead atoms. The second-order valence-corrected chi connectivity index (χ2v) is 6.37. The lowest BCUT2D eigenvalue weighted by molar-refractivity contribution is -0.0175. The molecule has 2 heterocycles. The average Bonchev–Trinajstić information content (AvgIpc) is 2.62. The van der Waals surface area contributed by atoms with E-state index in [0.717, 1.165) is 16.9 Å². The third kappa shape index (κ3) is 3.18. The average molecular weight is 379 g/mol. The molecule has 1 aliphatic heterocycles. The fourth-order valence-electron chi connectivity index (χ4n) is 2.70. The first-order valence-electron chi connectivity index (χ1n) is 7.47. The van der Waals surface area contributed by atoms with Gasteiger partial charge < -0.3 is 18.6 Å². The first-order chi connectivity index (χ1) is 12.1. The fraction of sp³-hybridized carbons (Fsp3) is 0.167. The summed E-state index contributed by atoms with van der Waals surface area (Å²) in [5.41, 5.74) is 1.84. The van der Waals surface area contributed by atoms with E-state index in [1.807, 2.05) is 6.07 Å². The standard InChI is InChI=1S/C18H12Cl2O5/c19-12-3-10-6-22-9-25-18(10)11(4-12)7-23-13-1-2-14-16(5-13)24-8-15(20)17(14)21/h1-5,8H,6-7,9H2. The van der Waals surface area contributed by atoms with Crippen LogP contribution < -0.4 is 14.9 Å². The van der Waals surface area contributed by atoms with Crippen LogP contribution in [0.4, 0.5) is 0 Å². The van der Waals surface area contributed by atoms with Crippen molar-refractivity contribution >= 4 is 34.2 Å². The van der Waals surface area contributed by atoms with E-state index >= 15 is 0 Å². The minimum absolute atomic E-state index is 0.0473. The molecule has 4 rings (SSSR count). The molecule has 1 aliphatic rings. The van der Waals surface area contributed by atoms with Gasteiger partial charge in [-0.3, -0.25) is 4.79 Å². The van der Waals surface area contributed by atoms with Gasteiger partial charge in [0.05, 0.1) is 12.0 Å². The van der Waals surface area contributed by atoms with Crippen molar-refractivity contribution in [2.75, 3.05) is 6.79 Å². The molecule has 0 saturated carbocycles. The molecule has 0 N–H and O–H groups in total. The van der Waals surface area contributed by atoms with Gasteiger partial charge in [-0.25, -0.2) is 0 Å². The number of hydrogen-bond donors (Lipinski definition) is 0. The van der Waals surface area contributed by atoms with Crippen molar-refractivity contribution in [1.29, 1.82) is 0 Å². The molecule has 3 aromatic rings. The van der Waals surface area contributed by atoms with Crippen molar-refractivity contribution in [1.82, 2.24) is 0 Å². The summed E-state index contributed by atoms with van der Waals surface area (Å²) in [6.07, 6.45) is 1.22. The van der Waals surface area contributed by atoms with Crippen LogP contribution in [0.1, 0.15) is 11.1 Å². The quantitative estimate of drug-likeness (QED) is 0.669. The molecule has 5 nitrogen and oxygen atoms in total. The summed E-state index contributed by atoms with van der Waals surface area (Å²) in [4.78, 5) is 11.9. The molecule has 0 atom stereocenters. The van der Waals surface area contributed by atoms with Crippen molar-refractivity contribution in [2.45, 2.75) is 13.2 Å². The SMILES string of the molecule is O=c1c(Cl)coc2cc(OCc3cc(Cl)cc4c3OCOC4)ccc12. The summed E-state index contributed by atoms with van der Waals surface area (Å²) in [7, 11) is 0. The van der Waals surface area contributed by atoms with Crippen LogP contribution in [0.3, 0.4) is 0 Å². The summed E-state index contributed by atoms with van der Waals surface area (Å²) in [5.74, 6) is 1.29. The van der Waals surface area contributed by atoms with Crippen LogP contribution in [0.2, 0.25) is 10.0 Å². The van der Waals surface area contributed by atoms with Crippen LogP contribution in [0.15, 0.2) is 45.8 Å². The van der Waals surface area contributed by atoms with E-state index < -0.39 is 0 Å². The predicted molar refractivity (Wildman–Crippen MR) is 93.6 cm³/mol. The Bertz CT molecular complexity index is 1010. The number of hydrogen-bond acceptors (Lipinski definition) is 5. The lowest BCUT2D eigenvalue weighted by Crippen LogP contribution is -2.14. The zero-order valence-electron chi connectivity index (χ0n) is 12.9. The van der Waals surface area contributed by atoms with Crippen LogP contribution in [-0.2, 0) is 18.0 Å². The van der Waals surface area contributed by atoms with E-state index in [0.29, 0.717) is 28.3 Å². The topological polar surface area (TPSA) is 57.9 Å². The fourth-order valence-corrected chi connectivity index (χ4v) is 3.11. The summed E-state index contributed by atoms with van der Waals surface area (Å²) in [5, 5.41) is 1.04. The zero-order chi connectivity index (χ0) is 17.4. The van der Waals surface area contributed by atoms with Gasteiger partial charge in [-0.15, -0.1) is 0 Å². The molecule has 25 heavy (non-hydrogen) atoms. The van der Waals surface area contributed by atoms with Crippen molar-refractivity contribution in [3.63, 3.8) is 0 Å². The van der Waals surface area contributed by atoms with Crippen molar-refractivity contribution < 1.29 is 18.6 Å². The Morgan fingerprint density at radius 1 is 1.16 bits per heavy atom. The number of rotatable bonds is 3. The van der Waals surface area contributed by atoms with Gasteiger partial charge in [-0.1, -0.05) is 23.2 Å². The Morgan fingerprint density at radius 2 is 2.04 bits per heavy atom. The van der Waals surface area contributed by atoms with E-state index in [-0.39, 0.29) is 23.9 Å². The number of ether oxygens (including phenoxy) is 3. The first-order valence-corrected chi connectivity index (χ1v) is 8.23. The third-order valence-corrected chi connectivity index (χ3v) is 4.33. The highest BCUT2D eigenvalue weighted by molar-refractivity contribution is 6.31. The Balaban J connectivity index is 1.62. The second kappa shape index (κ2) is 6.59. The molecular weight excluding hydrogens is 367 g/mol. The molecule has 0 amide bonds. The molecule has 0 aliphatic carbocycles. The van der Waals surface area contributed by atoms with Gasteiger partial charge in [0.1, 0.15) is 35.0 Å². The minimum atomic E-state index is -0.272. The van der Waals surface area contributed by atoms with Gasteiger partial charge in [0.15, 0.2) is 6.79 Å². The smallest absolute Gasteiger partial charge is 0.211 e. The Labute approximate surface area is 152 Å². The first kappa shape index (κ1) is 16.3. The molecule has 7 heteroatoms. The van der Waals surface area contributed by atoms with Gasteiger partial charge in [0.25, 0.3) is 0 Å². The van der Waals surface area contributed by atoms with Gasteiger partial charge in [0.2, 0.25) is 5.43 Å². The third-order valence-electron chi connectivity index (χ3n) is 3.85. The van der Waals surface area contributed by atoms with Crippen LogP contribution in [0, 0.1) is 0 Å². The predicted octanol–water partition coefficient (Wildman–Crippen LogP) is 4.55. The van der Waals surface area contributed by atoms with E-state index in [1.165, 1.54) is 6.26 Å². The molecule has 0 unspecified atom stereocenters. The number of fused-ring (bicyclic) bond motifs is 2. The monoisotopic (exact) mass is 378 g/mol. The van der Waals surface area contributed by atoms with Gasteiger partial charge in [0, 0.05) is 22.2 Å². The molecule has 2 aromatic carbocycles. The normalized spacial score (nSPS) is 13.4. The lowest BCUT2D eigenvalue weighted by Gasteiger charge is -2.21. The second-order valence-electron chi connectivity index (χ2n) is 5.52. The van der Waals surface area contributed by atoms with Gasteiger partial charge >= 0.3 is 0 Å². The molecule has 0 fully saturated rings. The van der Waals surface area contributed by atoms with Crippen LogP contribution >= 0.6 is 23.2 Å². The Morgan fingerprint density at radius 3 is 2.92 bits per heavy atom. The lowest BCUT2D eigenvalue weighted by atomic mass is 10.1. The van der Waals surface area contributed by atoms with Crippen molar-refractivity contribution in [3.8, 4) is 11.5 Å². The maximum absolute atomic E-state index is 11.9. The number of benzene rings is 2. The summed E-state index contributed by atoms with van der Waals surface area (Å²) < 4.78 is 22.0. The molecule has 128 valence electrons. The minimum Gasteiger partial charge on any atom is -0.489 e. The van der Waals surface area contributed by atoms with E-state index in [2.05, 4.69) is 0 Å². The highest BCUT2D eigenvalue weighted by Crippen LogP contribution is 2.32. The molecule has 0 spiro atoms.